The summed E-state index contributed by atoms with van der Waals surface area (Å²) >= 11 is 12.2. The number of hydrogen-bond donors (Lipinski definition) is 0. The van der Waals surface area contributed by atoms with Crippen LogP contribution in [0.15, 0.2) is 18.2 Å². The van der Waals surface area contributed by atoms with Gasteiger partial charge in [-0.2, -0.15) is 0 Å². The van der Waals surface area contributed by atoms with E-state index in [2.05, 4.69) is 0 Å². The van der Waals surface area contributed by atoms with Crippen molar-refractivity contribution in [2.75, 3.05) is 39.8 Å². The van der Waals surface area contributed by atoms with Crippen LogP contribution in [0, 0.1) is 5.92 Å². The summed E-state index contributed by atoms with van der Waals surface area (Å²) in [6.07, 6.45) is 2.58. The van der Waals surface area contributed by atoms with Crippen molar-refractivity contribution in [3.8, 4) is 0 Å². The third-order valence-corrected chi connectivity index (χ3v) is 6.66. The van der Waals surface area contributed by atoms with Crippen molar-refractivity contribution in [3.05, 3.63) is 33.8 Å². The van der Waals surface area contributed by atoms with Crippen molar-refractivity contribution in [3.63, 3.8) is 0 Å². The molecule has 2 aliphatic heterocycles. The molecule has 0 unspecified atom stereocenters. The zero-order chi connectivity index (χ0) is 24.1. The number of nitrogens with zero attached hydrogens (tertiary/aromatic N) is 3. The fourth-order valence-corrected chi connectivity index (χ4v) is 4.74. The molecule has 2 atom stereocenters. The van der Waals surface area contributed by atoms with E-state index in [0.29, 0.717) is 56.9 Å². The molecule has 1 aromatic rings. The lowest BCUT2D eigenvalue weighted by Gasteiger charge is -2.33. The molecule has 0 aliphatic carbocycles. The number of piperidine rings is 1. The van der Waals surface area contributed by atoms with Crippen LogP contribution < -0.4 is 0 Å². The normalized spacial score (nSPS) is 20.5. The molecule has 3 amide bonds. The third-order valence-electron chi connectivity index (χ3n) is 6.10. The quantitative estimate of drug-likeness (QED) is 0.563. The number of hydrogen-bond acceptors (Lipinski definition) is 5. The van der Waals surface area contributed by atoms with Crippen molar-refractivity contribution in [2.45, 2.75) is 38.6 Å². The average molecular weight is 498 g/mol. The van der Waals surface area contributed by atoms with Gasteiger partial charge in [-0.05, 0) is 50.8 Å². The van der Waals surface area contributed by atoms with E-state index in [-0.39, 0.29) is 46.7 Å². The Hall–Kier alpha value is -2.32. The highest BCUT2D eigenvalue weighted by Crippen LogP contribution is 2.27. The summed E-state index contributed by atoms with van der Waals surface area (Å²) in [5.74, 6) is -1.51. The van der Waals surface area contributed by atoms with Gasteiger partial charge in [0.15, 0.2) is 0 Å². The maximum absolute atomic E-state index is 13.1. The number of esters is 1. The van der Waals surface area contributed by atoms with E-state index in [1.807, 2.05) is 0 Å². The van der Waals surface area contributed by atoms with Gasteiger partial charge in [-0.1, -0.05) is 23.2 Å². The van der Waals surface area contributed by atoms with E-state index in [4.69, 9.17) is 27.9 Å². The summed E-state index contributed by atoms with van der Waals surface area (Å²) in [4.78, 5) is 55.6. The zero-order valence-electron chi connectivity index (χ0n) is 18.9. The van der Waals surface area contributed by atoms with Gasteiger partial charge in [0, 0.05) is 31.7 Å². The van der Waals surface area contributed by atoms with E-state index in [0.717, 1.165) is 0 Å². The van der Waals surface area contributed by atoms with E-state index in [9.17, 15) is 19.2 Å². The summed E-state index contributed by atoms with van der Waals surface area (Å²) in [6, 6.07) is 3.98. The first-order chi connectivity index (χ1) is 15.7. The fourth-order valence-electron chi connectivity index (χ4n) is 4.37. The molecular formula is C23H29Cl2N3O5. The van der Waals surface area contributed by atoms with Crippen LogP contribution in [0.2, 0.25) is 10.0 Å². The molecule has 2 heterocycles. The largest absolute Gasteiger partial charge is 0.466 e. The number of rotatable bonds is 6. The van der Waals surface area contributed by atoms with Gasteiger partial charge in [-0.3, -0.25) is 19.2 Å². The van der Waals surface area contributed by atoms with Crippen LogP contribution >= 0.6 is 23.2 Å². The Labute approximate surface area is 203 Å². The third kappa shape index (κ3) is 5.98. The summed E-state index contributed by atoms with van der Waals surface area (Å²) in [5, 5.41) is 0.655. The highest BCUT2D eigenvalue weighted by molar-refractivity contribution is 6.35. The standard InChI is InChI=1S/C23H29Cl2N3O5/c1-3-33-23(32)15-6-4-10-27(13-15)20(29)14-26(2)22(31)19-7-5-11-28(19)21(30)17-12-16(24)8-9-18(17)25/h8-9,12,15,19H,3-7,10-11,13-14H2,1-2H3/t15-,19-/m0/s1. The first-order valence-electron chi connectivity index (χ1n) is 11.2. The summed E-state index contributed by atoms with van der Waals surface area (Å²) in [6.45, 7) is 3.19. The fraction of sp³-hybridized carbons (Fsp3) is 0.565. The molecule has 2 saturated heterocycles. The average Bonchev–Trinajstić information content (AvgIpc) is 3.29. The Kier molecular flexibility index (Phi) is 8.59. The molecule has 8 nitrogen and oxygen atoms in total. The van der Waals surface area contributed by atoms with Gasteiger partial charge in [0.05, 0.1) is 29.7 Å². The van der Waals surface area contributed by atoms with Crippen LogP contribution in [0.5, 0.6) is 0 Å². The molecule has 10 heteroatoms. The topological polar surface area (TPSA) is 87.2 Å². The second-order valence-corrected chi connectivity index (χ2v) is 9.25. The van der Waals surface area contributed by atoms with E-state index < -0.39 is 6.04 Å². The zero-order valence-corrected chi connectivity index (χ0v) is 20.4. The van der Waals surface area contributed by atoms with E-state index in [1.165, 1.54) is 15.9 Å². The highest BCUT2D eigenvalue weighted by atomic mass is 35.5. The molecule has 0 aromatic heterocycles. The second-order valence-electron chi connectivity index (χ2n) is 8.41. The maximum Gasteiger partial charge on any atom is 0.310 e. The van der Waals surface area contributed by atoms with Gasteiger partial charge in [0.1, 0.15) is 6.04 Å². The Morgan fingerprint density at radius 1 is 1.12 bits per heavy atom. The number of carbonyl (C=O) groups excluding carboxylic acids is 4. The van der Waals surface area contributed by atoms with Gasteiger partial charge in [-0.25, -0.2) is 0 Å². The predicted molar refractivity (Wildman–Crippen MR) is 124 cm³/mol. The van der Waals surface area contributed by atoms with Gasteiger partial charge >= 0.3 is 5.97 Å². The molecule has 0 radical (unpaired) electrons. The number of ether oxygens (including phenoxy) is 1. The summed E-state index contributed by atoms with van der Waals surface area (Å²) < 4.78 is 5.09. The van der Waals surface area contributed by atoms with Gasteiger partial charge in [0.25, 0.3) is 5.91 Å². The Bertz CT molecular complexity index is 925. The van der Waals surface area contributed by atoms with Crippen molar-refractivity contribution in [1.29, 1.82) is 0 Å². The number of benzene rings is 1. The Morgan fingerprint density at radius 3 is 2.58 bits per heavy atom. The first-order valence-corrected chi connectivity index (χ1v) is 11.9. The van der Waals surface area contributed by atoms with Crippen LogP contribution in [-0.2, 0) is 19.1 Å². The van der Waals surface area contributed by atoms with Gasteiger partial charge in [0.2, 0.25) is 11.8 Å². The molecule has 0 saturated carbocycles. The molecule has 1 aromatic carbocycles. The Balaban J connectivity index is 1.62. The first kappa shape index (κ1) is 25.3. The molecule has 2 aliphatic rings. The lowest BCUT2D eigenvalue weighted by molar-refractivity contribution is -0.152. The lowest BCUT2D eigenvalue weighted by Crippen LogP contribution is -2.51. The van der Waals surface area contributed by atoms with Crippen LogP contribution in [-0.4, -0.2) is 84.3 Å². The minimum absolute atomic E-state index is 0.120. The van der Waals surface area contributed by atoms with Crippen LogP contribution in [0.25, 0.3) is 0 Å². The van der Waals surface area contributed by atoms with E-state index >= 15 is 0 Å². The number of likely N-dealkylation sites (N-methyl/N-ethyl adjacent to an activating group) is 1. The van der Waals surface area contributed by atoms with Crippen molar-refractivity contribution < 1.29 is 23.9 Å². The molecule has 0 bridgehead atoms. The summed E-state index contributed by atoms with van der Waals surface area (Å²) in [7, 11) is 1.56. The van der Waals surface area contributed by atoms with Gasteiger partial charge < -0.3 is 19.4 Å². The smallest absolute Gasteiger partial charge is 0.310 e. The SMILES string of the molecule is CCOC(=O)[C@H]1CCCN(C(=O)CN(C)C(=O)[C@@H]2CCCN2C(=O)c2cc(Cl)ccc2Cl)C1. The molecule has 0 N–H and O–H groups in total. The maximum atomic E-state index is 13.1. The molecule has 180 valence electrons. The van der Waals surface area contributed by atoms with Crippen molar-refractivity contribution in [1.82, 2.24) is 14.7 Å². The van der Waals surface area contributed by atoms with Crippen LogP contribution in [0.3, 0.4) is 0 Å². The minimum Gasteiger partial charge on any atom is -0.466 e. The lowest BCUT2D eigenvalue weighted by atomic mass is 9.98. The number of amides is 3. The minimum atomic E-state index is -0.668. The number of carbonyl (C=O) groups is 4. The summed E-state index contributed by atoms with van der Waals surface area (Å²) in [5.41, 5.74) is 0.251. The molecule has 2 fully saturated rings. The number of halogens is 2. The van der Waals surface area contributed by atoms with E-state index in [1.54, 1.807) is 31.0 Å². The molecule has 33 heavy (non-hydrogen) atoms. The van der Waals surface area contributed by atoms with Gasteiger partial charge in [-0.15, -0.1) is 0 Å². The second kappa shape index (κ2) is 11.2. The number of likely N-dealkylation sites (tertiary alicyclic amines) is 2. The van der Waals surface area contributed by atoms with Crippen molar-refractivity contribution >= 4 is 46.9 Å². The molecular weight excluding hydrogens is 469 g/mol. The van der Waals surface area contributed by atoms with Crippen LogP contribution in [0.4, 0.5) is 0 Å². The molecule has 3 rings (SSSR count). The highest BCUT2D eigenvalue weighted by Gasteiger charge is 2.38. The predicted octanol–water partition coefficient (Wildman–Crippen LogP) is 2.86. The Morgan fingerprint density at radius 2 is 1.85 bits per heavy atom. The monoisotopic (exact) mass is 497 g/mol. The van der Waals surface area contributed by atoms with Crippen molar-refractivity contribution in [2.24, 2.45) is 5.92 Å². The van der Waals surface area contributed by atoms with Crippen LogP contribution in [0.1, 0.15) is 43.0 Å². The molecule has 0 spiro atoms.